The van der Waals surface area contributed by atoms with Gasteiger partial charge < -0.3 is 5.73 Å². The van der Waals surface area contributed by atoms with Crippen molar-refractivity contribution in [3.8, 4) is 0 Å². The fraction of sp³-hybridized carbons (Fsp3) is 0.750. The van der Waals surface area contributed by atoms with Crippen LogP contribution < -0.4 is 5.73 Å². The lowest BCUT2D eigenvalue weighted by Gasteiger charge is -2.26. The molecule has 1 aromatic heterocycles. The average molecular weight is 280 g/mol. The van der Waals surface area contributed by atoms with E-state index in [1.54, 1.807) is 0 Å². The molecule has 108 valence electrons. The van der Waals surface area contributed by atoms with Crippen LogP contribution in [0.25, 0.3) is 0 Å². The average Bonchev–Trinajstić information content (AvgIpc) is 2.80. The van der Waals surface area contributed by atoms with Crippen LogP contribution in [0.4, 0.5) is 0 Å². The summed E-state index contributed by atoms with van der Waals surface area (Å²) in [5.74, 6) is 1.80. The van der Waals surface area contributed by atoms with Crippen molar-refractivity contribution in [2.75, 3.05) is 20.1 Å². The van der Waals surface area contributed by atoms with Gasteiger partial charge in [-0.3, -0.25) is 4.90 Å². The Kier molecular flexibility index (Phi) is 4.38. The van der Waals surface area contributed by atoms with E-state index in [0.717, 1.165) is 11.8 Å². The van der Waals surface area contributed by atoms with E-state index in [4.69, 9.17) is 5.73 Å². The van der Waals surface area contributed by atoms with E-state index < -0.39 is 0 Å². The molecule has 0 spiro atoms. The van der Waals surface area contributed by atoms with Crippen LogP contribution in [0.1, 0.15) is 49.9 Å². The summed E-state index contributed by atoms with van der Waals surface area (Å²) >= 11 is 1.93. The zero-order valence-corrected chi connectivity index (χ0v) is 13.8. The number of hydrogen-bond donors (Lipinski definition) is 1. The van der Waals surface area contributed by atoms with Crippen molar-refractivity contribution in [3.63, 3.8) is 0 Å². The molecule has 19 heavy (non-hydrogen) atoms. The van der Waals surface area contributed by atoms with Crippen LogP contribution in [0.2, 0.25) is 0 Å². The zero-order valence-electron chi connectivity index (χ0n) is 12.9. The predicted molar refractivity (Wildman–Crippen MR) is 84.7 cm³/mol. The van der Waals surface area contributed by atoms with E-state index in [2.05, 4.69) is 51.8 Å². The molecule has 1 aliphatic rings. The molecule has 0 amide bonds. The van der Waals surface area contributed by atoms with Gasteiger partial charge in [0.05, 0.1) is 6.04 Å². The van der Waals surface area contributed by atoms with Crippen molar-refractivity contribution in [1.29, 1.82) is 0 Å². The van der Waals surface area contributed by atoms with Gasteiger partial charge in [0.1, 0.15) is 0 Å². The Morgan fingerprint density at radius 2 is 2.05 bits per heavy atom. The Hall–Kier alpha value is -0.380. The highest BCUT2D eigenvalue weighted by Crippen LogP contribution is 2.40. The van der Waals surface area contributed by atoms with Crippen LogP contribution in [0.15, 0.2) is 12.1 Å². The van der Waals surface area contributed by atoms with Gasteiger partial charge in [-0.25, -0.2) is 0 Å². The van der Waals surface area contributed by atoms with Gasteiger partial charge >= 0.3 is 0 Å². The molecule has 1 fully saturated rings. The summed E-state index contributed by atoms with van der Waals surface area (Å²) in [5, 5.41) is 0. The molecular formula is C16H28N2S. The minimum Gasteiger partial charge on any atom is -0.329 e. The Morgan fingerprint density at radius 1 is 1.42 bits per heavy atom. The third kappa shape index (κ3) is 3.59. The molecule has 0 radical (unpaired) electrons. The largest absolute Gasteiger partial charge is 0.329 e. The first-order chi connectivity index (χ1) is 8.82. The summed E-state index contributed by atoms with van der Waals surface area (Å²) in [6.45, 7) is 11.1. The summed E-state index contributed by atoms with van der Waals surface area (Å²) < 4.78 is 0. The third-order valence-corrected chi connectivity index (χ3v) is 5.86. The highest BCUT2D eigenvalue weighted by molar-refractivity contribution is 7.12. The number of likely N-dealkylation sites (N-methyl/N-ethyl adjacent to an activating group) is 1. The maximum absolute atomic E-state index is 6.02. The first kappa shape index (κ1) is 15.0. The second kappa shape index (κ2) is 5.55. The number of hydrogen-bond acceptors (Lipinski definition) is 3. The Labute approximate surface area is 122 Å². The summed E-state index contributed by atoms with van der Waals surface area (Å²) in [6, 6.07) is 4.93. The van der Waals surface area contributed by atoms with Crippen LogP contribution in [0.5, 0.6) is 0 Å². The predicted octanol–water partition coefficient (Wildman–Crippen LogP) is 3.63. The lowest BCUT2D eigenvalue weighted by molar-refractivity contribution is 0.240. The van der Waals surface area contributed by atoms with Crippen LogP contribution in [0, 0.1) is 11.8 Å². The number of nitrogens with zero attached hydrogens (tertiary/aromatic N) is 1. The molecule has 1 saturated carbocycles. The summed E-state index contributed by atoms with van der Waals surface area (Å²) in [6.07, 6.45) is 1.39. The van der Waals surface area contributed by atoms with Gasteiger partial charge in [-0.2, -0.15) is 0 Å². The molecule has 1 aliphatic carbocycles. The van der Waals surface area contributed by atoms with Gasteiger partial charge in [-0.1, -0.05) is 27.7 Å². The van der Waals surface area contributed by atoms with Crippen molar-refractivity contribution in [3.05, 3.63) is 21.9 Å². The van der Waals surface area contributed by atoms with E-state index >= 15 is 0 Å². The van der Waals surface area contributed by atoms with E-state index in [1.807, 2.05) is 11.3 Å². The van der Waals surface area contributed by atoms with Gasteiger partial charge in [0, 0.05) is 22.8 Å². The molecule has 1 heterocycles. The molecule has 2 rings (SSSR count). The topological polar surface area (TPSA) is 29.3 Å². The standard InChI is InChI=1S/C16H28N2S/c1-11-8-12(11)10-18(5)13(9-17)14-6-7-15(19-14)16(2,3)4/h6-7,11-13H,8-10,17H2,1-5H3. The van der Waals surface area contributed by atoms with Gasteiger partial charge in [-0.05, 0) is 42.9 Å². The second-order valence-electron chi connectivity index (χ2n) is 7.12. The molecule has 1 aromatic rings. The molecule has 3 atom stereocenters. The SMILES string of the molecule is CC1CC1CN(C)C(CN)c1ccc(C(C)(C)C)s1. The molecule has 2 N–H and O–H groups in total. The van der Waals surface area contributed by atoms with E-state index in [1.165, 1.54) is 22.7 Å². The van der Waals surface area contributed by atoms with Crippen molar-refractivity contribution < 1.29 is 0 Å². The fourth-order valence-electron chi connectivity index (χ4n) is 2.60. The summed E-state index contributed by atoms with van der Waals surface area (Å²) in [4.78, 5) is 5.32. The zero-order chi connectivity index (χ0) is 14.2. The summed E-state index contributed by atoms with van der Waals surface area (Å²) in [7, 11) is 2.22. The Morgan fingerprint density at radius 3 is 2.47 bits per heavy atom. The lowest BCUT2D eigenvalue weighted by Crippen LogP contribution is -2.31. The highest BCUT2D eigenvalue weighted by Gasteiger charge is 2.34. The highest BCUT2D eigenvalue weighted by atomic mass is 32.1. The lowest BCUT2D eigenvalue weighted by atomic mass is 9.95. The molecule has 2 nitrogen and oxygen atoms in total. The summed E-state index contributed by atoms with van der Waals surface area (Å²) in [5.41, 5.74) is 6.26. The monoisotopic (exact) mass is 280 g/mol. The molecule has 0 bridgehead atoms. The van der Waals surface area contributed by atoms with Gasteiger partial charge in [-0.15, -0.1) is 11.3 Å². The van der Waals surface area contributed by atoms with Crippen molar-refractivity contribution >= 4 is 11.3 Å². The van der Waals surface area contributed by atoms with E-state index in [-0.39, 0.29) is 5.41 Å². The third-order valence-electron chi connectivity index (χ3n) is 4.25. The van der Waals surface area contributed by atoms with Gasteiger partial charge in [0.25, 0.3) is 0 Å². The Bertz CT molecular complexity index is 419. The van der Waals surface area contributed by atoms with Crippen LogP contribution in [-0.2, 0) is 5.41 Å². The normalized spacial score (nSPS) is 24.8. The quantitative estimate of drug-likeness (QED) is 0.892. The van der Waals surface area contributed by atoms with Crippen LogP contribution in [-0.4, -0.2) is 25.0 Å². The van der Waals surface area contributed by atoms with Crippen LogP contribution >= 0.6 is 11.3 Å². The van der Waals surface area contributed by atoms with Crippen molar-refractivity contribution in [1.82, 2.24) is 4.90 Å². The van der Waals surface area contributed by atoms with E-state index in [9.17, 15) is 0 Å². The van der Waals surface area contributed by atoms with Crippen molar-refractivity contribution in [2.24, 2.45) is 17.6 Å². The number of thiophene rings is 1. The van der Waals surface area contributed by atoms with Gasteiger partial charge in [0.15, 0.2) is 0 Å². The van der Waals surface area contributed by atoms with E-state index in [0.29, 0.717) is 12.6 Å². The second-order valence-corrected chi connectivity index (χ2v) is 8.23. The molecular weight excluding hydrogens is 252 g/mol. The molecule has 3 heteroatoms. The first-order valence-corrected chi connectivity index (χ1v) is 8.15. The van der Waals surface area contributed by atoms with Crippen LogP contribution in [0.3, 0.4) is 0 Å². The number of nitrogens with two attached hydrogens (primary N) is 1. The maximum Gasteiger partial charge on any atom is 0.0562 e. The fourth-order valence-corrected chi connectivity index (χ4v) is 3.84. The minimum absolute atomic E-state index is 0.242. The molecule has 0 aromatic carbocycles. The molecule has 3 unspecified atom stereocenters. The van der Waals surface area contributed by atoms with Crippen molar-refractivity contribution in [2.45, 2.75) is 45.6 Å². The first-order valence-electron chi connectivity index (χ1n) is 7.33. The smallest absolute Gasteiger partial charge is 0.0562 e. The maximum atomic E-state index is 6.02. The Balaban J connectivity index is 2.06. The molecule has 0 aliphatic heterocycles. The van der Waals surface area contributed by atoms with Gasteiger partial charge in [0.2, 0.25) is 0 Å². The molecule has 0 saturated heterocycles. The number of rotatable bonds is 5. The minimum atomic E-state index is 0.242.